The van der Waals surface area contributed by atoms with E-state index in [9.17, 15) is 9.90 Å². The molecular formula is C15H12ClN3O2. The first-order chi connectivity index (χ1) is 10.0. The number of aromatic amines is 1. The first-order valence-corrected chi connectivity index (χ1v) is 6.70. The van der Waals surface area contributed by atoms with E-state index in [-0.39, 0.29) is 10.7 Å². The highest BCUT2D eigenvalue weighted by Crippen LogP contribution is 2.35. The molecule has 106 valence electrons. The Bertz CT molecular complexity index is 850. The molecule has 0 saturated heterocycles. The molecule has 2 aromatic heterocycles. The molecule has 0 bridgehead atoms. The number of carbonyl (C=O) groups is 1. The highest BCUT2D eigenvalue weighted by molar-refractivity contribution is 6.38. The van der Waals surface area contributed by atoms with Gasteiger partial charge in [0.1, 0.15) is 12.0 Å². The van der Waals surface area contributed by atoms with E-state index >= 15 is 0 Å². The molecule has 0 saturated carbocycles. The highest BCUT2D eigenvalue weighted by Gasteiger charge is 2.19. The van der Waals surface area contributed by atoms with Gasteiger partial charge in [-0.2, -0.15) is 0 Å². The Balaban J connectivity index is 2.39. The molecule has 0 radical (unpaired) electrons. The standard InChI is InChI=1S/C15H12ClN3O2/c1-7-11(8(2)18-6-17-7)9-4-3-5-10-12(16)14(15(20)21)19-13(9)10/h3-6,19H,1-2H3,(H,20,21). The number of hydrogen-bond acceptors (Lipinski definition) is 3. The number of nitrogens with one attached hydrogen (secondary N) is 1. The third-order valence-corrected chi connectivity index (χ3v) is 3.87. The number of benzene rings is 1. The molecule has 0 aliphatic heterocycles. The lowest BCUT2D eigenvalue weighted by Crippen LogP contribution is -1.97. The maximum Gasteiger partial charge on any atom is 0.353 e. The zero-order chi connectivity index (χ0) is 15.1. The predicted octanol–water partition coefficient (Wildman–Crippen LogP) is 3.59. The van der Waals surface area contributed by atoms with E-state index in [1.807, 2.05) is 26.0 Å². The summed E-state index contributed by atoms with van der Waals surface area (Å²) in [6.07, 6.45) is 1.51. The summed E-state index contributed by atoms with van der Waals surface area (Å²) in [6.45, 7) is 3.79. The number of rotatable bonds is 2. The van der Waals surface area contributed by atoms with Crippen LogP contribution in [0, 0.1) is 13.8 Å². The molecule has 2 N–H and O–H groups in total. The molecule has 2 heterocycles. The lowest BCUT2D eigenvalue weighted by atomic mass is 10.0. The number of nitrogens with zero attached hydrogens (tertiary/aromatic N) is 2. The first-order valence-electron chi connectivity index (χ1n) is 6.32. The van der Waals surface area contributed by atoms with Gasteiger partial charge in [0.25, 0.3) is 0 Å². The van der Waals surface area contributed by atoms with Crippen LogP contribution >= 0.6 is 11.6 Å². The van der Waals surface area contributed by atoms with E-state index in [1.165, 1.54) is 6.33 Å². The summed E-state index contributed by atoms with van der Waals surface area (Å²) in [7, 11) is 0. The number of aromatic nitrogens is 3. The van der Waals surface area contributed by atoms with Crippen molar-refractivity contribution in [3.8, 4) is 11.1 Å². The smallest absolute Gasteiger partial charge is 0.353 e. The average molecular weight is 302 g/mol. The molecule has 3 aromatic rings. The van der Waals surface area contributed by atoms with Crippen molar-refractivity contribution in [2.75, 3.05) is 0 Å². The fraction of sp³-hybridized carbons (Fsp3) is 0.133. The maximum atomic E-state index is 11.2. The van der Waals surface area contributed by atoms with Gasteiger partial charge in [-0.05, 0) is 13.8 Å². The lowest BCUT2D eigenvalue weighted by Gasteiger charge is -2.09. The monoisotopic (exact) mass is 301 g/mol. The summed E-state index contributed by atoms with van der Waals surface area (Å²) in [6, 6.07) is 5.53. The van der Waals surface area contributed by atoms with E-state index in [0.29, 0.717) is 10.9 Å². The number of carboxylic acid groups (broad SMARTS) is 1. The van der Waals surface area contributed by atoms with Gasteiger partial charge in [0.05, 0.1) is 10.5 Å². The van der Waals surface area contributed by atoms with E-state index < -0.39 is 5.97 Å². The normalized spacial score (nSPS) is 11.0. The van der Waals surface area contributed by atoms with Gasteiger partial charge in [-0.1, -0.05) is 29.8 Å². The van der Waals surface area contributed by atoms with Crippen molar-refractivity contribution in [2.45, 2.75) is 13.8 Å². The van der Waals surface area contributed by atoms with Crippen molar-refractivity contribution in [3.63, 3.8) is 0 Å². The van der Waals surface area contributed by atoms with Crippen molar-refractivity contribution in [1.29, 1.82) is 0 Å². The average Bonchev–Trinajstić information content (AvgIpc) is 2.77. The number of H-pyrrole nitrogens is 1. The van der Waals surface area contributed by atoms with Crippen LogP contribution in [0.4, 0.5) is 0 Å². The van der Waals surface area contributed by atoms with Gasteiger partial charge in [-0.15, -0.1) is 0 Å². The van der Waals surface area contributed by atoms with Crippen LogP contribution in [-0.4, -0.2) is 26.0 Å². The number of carboxylic acids is 1. The summed E-state index contributed by atoms with van der Waals surface area (Å²) in [5.74, 6) is -1.08. The number of halogens is 1. The molecular weight excluding hydrogens is 290 g/mol. The molecule has 21 heavy (non-hydrogen) atoms. The quantitative estimate of drug-likeness (QED) is 0.758. The van der Waals surface area contributed by atoms with Crippen LogP contribution < -0.4 is 0 Å². The number of hydrogen-bond donors (Lipinski definition) is 2. The molecule has 0 aliphatic carbocycles. The molecule has 0 atom stereocenters. The molecule has 0 spiro atoms. The van der Waals surface area contributed by atoms with Gasteiger partial charge < -0.3 is 10.1 Å². The summed E-state index contributed by atoms with van der Waals surface area (Å²) < 4.78 is 0. The zero-order valence-corrected chi connectivity index (χ0v) is 12.2. The number of aromatic carboxylic acids is 1. The maximum absolute atomic E-state index is 11.2. The Hall–Kier alpha value is -2.40. The molecule has 0 amide bonds. The summed E-state index contributed by atoms with van der Waals surface area (Å²) in [5.41, 5.74) is 4.07. The second-order valence-corrected chi connectivity index (χ2v) is 5.14. The third-order valence-electron chi connectivity index (χ3n) is 3.48. The van der Waals surface area contributed by atoms with Crippen LogP contribution in [0.1, 0.15) is 21.9 Å². The Kier molecular flexibility index (Phi) is 3.14. The highest BCUT2D eigenvalue weighted by atomic mass is 35.5. The van der Waals surface area contributed by atoms with Crippen molar-refractivity contribution < 1.29 is 9.90 Å². The van der Waals surface area contributed by atoms with Crippen molar-refractivity contribution in [2.24, 2.45) is 0 Å². The largest absolute Gasteiger partial charge is 0.477 e. The van der Waals surface area contributed by atoms with Crippen LogP contribution in [0.3, 0.4) is 0 Å². The molecule has 0 aliphatic rings. The number of aryl methyl sites for hydroxylation is 2. The first kappa shape index (κ1) is 13.6. The van der Waals surface area contributed by atoms with Gasteiger partial charge >= 0.3 is 5.97 Å². The van der Waals surface area contributed by atoms with E-state index in [4.69, 9.17) is 11.6 Å². The molecule has 0 unspecified atom stereocenters. The topological polar surface area (TPSA) is 78.9 Å². The van der Waals surface area contributed by atoms with Gasteiger partial charge in [0, 0.05) is 27.9 Å². The predicted molar refractivity (Wildman–Crippen MR) is 80.8 cm³/mol. The summed E-state index contributed by atoms with van der Waals surface area (Å²) in [4.78, 5) is 22.6. The minimum atomic E-state index is -1.08. The molecule has 5 nitrogen and oxygen atoms in total. The molecule has 3 rings (SSSR count). The molecule has 1 aromatic carbocycles. The number of para-hydroxylation sites is 1. The van der Waals surface area contributed by atoms with Crippen LogP contribution in [-0.2, 0) is 0 Å². The Morgan fingerprint density at radius 1 is 1.24 bits per heavy atom. The third kappa shape index (κ3) is 2.06. The van der Waals surface area contributed by atoms with Crippen molar-refractivity contribution in [3.05, 3.63) is 46.6 Å². The van der Waals surface area contributed by atoms with Crippen LogP contribution in [0.5, 0.6) is 0 Å². The summed E-state index contributed by atoms with van der Waals surface area (Å²) in [5, 5.41) is 10.1. The number of fused-ring (bicyclic) bond motifs is 1. The van der Waals surface area contributed by atoms with Gasteiger partial charge in [0.2, 0.25) is 0 Å². The van der Waals surface area contributed by atoms with Gasteiger partial charge in [-0.25, -0.2) is 14.8 Å². The minimum Gasteiger partial charge on any atom is -0.477 e. The van der Waals surface area contributed by atoms with Crippen LogP contribution in [0.15, 0.2) is 24.5 Å². The lowest BCUT2D eigenvalue weighted by molar-refractivity contribution is 0.0692. The molecule has 0 fully saturated rings. The Morgan fingerprint density at radius 2 is 1.90 bits per heavy atom. The Labute approximate surface area is 125 Å². The second-order valence-electron chi connectivity index (χ2n) is 4.77. The van der Waals surface area contributed by atoms with Gasteiger partial charge in [-0.3, -0.25) is 0 Å². The fourth-order valence-electron chi connectivity index (χ4n) is 2.52. The van der Waals surface area contributed by atoms with Gasteiger partial charge in [0.15, 0.2) is 0 Å². The van der Waals surface area contributed by atoms with Crippen LogP contribution in [0.2, 0.25) is 5.02 Å². The fourth-order valence-corrected chi connectivity index (χ4v) is 2.81. The summed E-state index contributed by atoms with van der Waals surface area (Å²) >= 11 is 6.15. The molecule has 6 heteroatoms. The zero-order valence-electron chi connectivity index (χ0n) is 11.4. The van der Waals surface area contributed by atoms with Crippen molar-refractivity contribution >= 4 is 28.5 Å². The minimum absolute atomic E-state index is 0.00808. The van der Waals surface area contributed by atoms with E-state index in [0.717, 1.165) is 22.5 Å². The van der Waals surface area contributed by atoms with Crippen LogP contribution in [0.25, 0.3) is 22.0 Å². The van der Waals surface area contributed by atoms with Crippen molar-refractivity contribution in [1.82, 2.24) is 15.0 Å². The van der Waals surface area contributed by atoms with E-state index in [1.54, 1.807) is 6.07 Å². The second kappa shape index (κ2) is 4.86. The van der Waals surface area contributed by atoms with E-state index in [2.05, 4.69) is 15.0 Å². The SMILES string of the molecule is Cc1ncnc(C)c1-c1cccc2c(Cl)c(C(=O)O)[nH]c12. The Morgan fingerprint density at radius 3 is 2.52 bits per heavy atom.